The summed E-state index contributed by atoms with van der Waals surface area (Å²) in [7, 11) is 0. The predicted molar refractivity (Wildman–Crippen MR) is 98.4 cm³/mol. The van der Waals surface area contributed by atoms with E-state index in [0.29, 0.717) is 29.2 Å². The highest BCUT2D eigenvalue weighted by Gasteiger charge is 2.30. The van der Waals surface area contributed by atoms with E-state index < -0.39 is 11.7 Å². The number of rotatable bonds is 4. The van der Waals surface area contributed by atoms with Gasteiger partial charge in [-0.25, -0.2) is 4.98 Å². The number of hydrogen-bond donors (Lipinski definition) is 1. The molecule has 28 heavy (non-hydrogen) atoms. The van der Waals surface area contributed by atoms with Gasteiger partial charge in [-0.05, 0) is 37.0 Å². The van der Waals surface area contributed by atoms with Gasteiger partial charge in [0.05, 0.1) is 11.6 Å². The summed E-state index contributed by atoms with van der Waals surface area (Å²) < 4.78 is 40.2. The SMILES string of the molecule is CCc1[nH]n(C2CCCC2)c2nc(Cc3ccc(C(F)(F)F)cc3)nc(=O)c1-2. The van der Waals surface area contributed by atoms with E-state index in [2.05, 4.69) is 15.1 Å². The van der Waals surface area contributed by atoms with Crippen LogP contribution in [-0.4, -0.2) is 19.7 Å². The van der Waals surface area contributed by atoms with Crippen LogP contribution in [0.25, 0.3) is 11.4 Å². The third-order valence-electron chi connectivity index (χ3n) is 5.38. The molecule has 1 saturated carbocycles. The van der Waals surface area contributed by atoms with Gasteiger partial charge < -0.3 is 0 Å². The van der Waals surface area contributed by atoms with E-state index in [1.54, 1.807) is 0 Å². The van der Waals surface area contributed by atoms with Crippen molar-refractivity contribution in [3.8, 4) is 11.4 Å². The number of nitrogens with zero attached hydrogens (tertiary/aromatic N) is 3. The first-order valence-corrected chi connectivity index (χ1v) is 9.53. The Morgan fingerprint density at radius 3 is 2.43 bits per heavy atom. The first-order valence-electron chi connectivity index (χ1n) is 9.53. The van der Waals surface area contributed by atoms with E-state index in [4.69, 9.17) is 0 Å². The largest absolute Gasteiger partial charge is 0.416 e. The van der Waals surface area contributed by atoms with Crippen molar-refractivity contribution in [3.63, 3.8) is 0 Å². The Hall–Kier alpha value is -2.64. The molecule has 0 bridgehead atoms. The predicted octanol–water partition coefficient (Wildman–Crippen LogP) is 4.36. The van der Waals surface area contributed by atoms with E-state index in [9.17, 15) is 18.0 Å². The lowest BCUT2D eigenvalue weighted by molar-refractivity contribution is -0.137. The average Bonchev–Trinajstić information content (AvgIpc) is 3.28. The molecule has 0 spiro atoms. The lowest BCUT2D eigenvalue weighted by Crippen LogP contribution is -2.18. The number of halogens is 3. The third kappa shape index (κ3) is 3.43. The van der Waals surface area contributed by atoms with Crippen molar-refractivity contribution < 1.29 is 13.2 Å². The fourth-order valence-corrected chi connectivity index (χ4v) is 3.92. The molecule has 2 aliphatic heterocycles. The summed E-state index contributed by atoms with van der Waals surface area (Å²) in [6, 6.07) is 5.17. The van der Waals surface area contributed by atoms with E-state index in [-0.39, 0.29) is 18.0 Å². The quantitative estimate of drug-likeness (QED) is 0.720. The van der Waals surface area contributed by atoms with Gasteiger partial charge in [-0.3, -0.25) is 14.6 Å². The molecule has 148 valence electrons. The zero-order valence-electron chi connectivity index (χ0n) is 15.5. The van der Waals surface area contributed by atoms with Crippen LogP contribution in [-0.2, 0) is 19.0 Å². The van der Waals surface area contributed by atoms with Gasteiger partial charge in [0.1, 0.15) is 11.4 Å². The summed E-state index contributed by atoms with van der Waals surface area (Å²) in [4.78, 5) is 21.4. The first kappa shape index (κ1) is 18.7. The van der Waals surface area contributed by atoms with Crippen LogP contribution in [0.5, 0.6) is 0 Å². The molecule has 4 rings (SSSR count). The maximum Gasteiger partial charge on any atom is 0.416 e. The monoisotopic (exact) mass is 390 g/mol. The molecule has 1 fully saturated rings. The molecule has 0 amide bonds. The van der Waals surface area contributed by atoms with E-state index in [1.807, 2.05) is 11.6 Å². The van der Waals surface area contributed by atoms with Crippen molar-refractivity contribution in [2.75, 3.05) is 0 Å². The average molecular weight is 390 g/mol. The summed E-state index contributed by atoms with van der Waals surface area (Å²) in [6.07, 6.45) is 0.880. The highest BCUT2D eigenvalue weighted by Crippen LogP contribution is 2.34. The molecule has 0 radical (unpaired) electrons. The molecular weight excluding hydrogens is 369 g/mol. The summed E-state index contributed by atoms with van der Waals surface area (Å²) in [5, 5.41) is 3.33. The Bertz CT molecular complexity index is 998. The minimum Gasteiger partial charge on any atom is -0.300 e. The number of alkyl halides is 3. The van der Waals surface area contributed by atoms with Gasteiger partial charge in [0.25, 0.3) is 5.56 Å². The van der Waals surface area contributed by atoms with Crippen LogP contribution in [0.2, 0.25) is 0 Å². The number of aryl methyl sites for hydroxylation is 1. The molecular formula is C20H21F3N4O. The molecule has 0 unspecified atom stereocenters. The maximum absolute atomic E-state index is 12.7. The highest BCUT2D eigenvalue weighted by atomic mass is 19.4. The Kier molecular flexibility index (Phi) is 4.72. The Morgan fingerprint density at radius 2 is 1.82 bits per heavy atom. The van der Waals surface area contributed by atoms with Crippen LogP contribution in [0.3, 0.4) is 0 Å². The number of benzene rings is 1. The standard InChI is InChI=1S/C20H21F3N4O/c1-2-15-17-18(27(26-15)14-5-3-4-6-14)24-16(25-19(17)28)11-12-7-9-13(10-8-12)20(21,22)23/h7-10,14,26H,2-6,11H2,1H3. The lowest BCUT2D eigenvalue weighted by atomic mass is 10.1. The number of fused-ring (bicyclic) bond motifs is 1. The van der Waals surface area contributed by atoms with Gasteiger partial charge in [0.2, 0.25) is 0 Å². The van der Waals surface area contributed by atoms with E-state index in [1.165, 1.54) is 12.1 Å². The number of nitrogens with one attached hydrogen (secondary N) is 1. The molecule has 2 heterocycles. The zero-order chi connectivity index (χ0) is 19.9. The van der Waals surface area contributed by atoms with Crippen molar-refractivity contribution in [2.24, 2.45) is 0 Å². The summed E-state index contributed by atoms with van der Waals surface area (Å²) in [5.41, 5.74) is 0.940. The number of H-pyrrole nitrogens is 1. The van der Waals surface area contributed by atoms with Crippen molar-refractivity contribution in [3.05, 3.63) is 57.3 Å². The lowest BCUT2D eigenvalue weighted by Gasteiger charge is -2.14. The van der Waals surface area contributed by atoms with Crippen molar-refractivity contribution >= 4 is 0 Å². The van der Waals surface area contributed by atoms with Crippen molar-refractivity contribution in [1.29, 1.82) is 0 Å². The van der Waals surface area contributed by atoms with Crippen molar-refractivity contribution in [2.45, 2.75) is 57.7 Å². The smallest absolute Gasteiger partial charge is 0.300 e. The first-order chi connectivity index (χ1) is 13.4. The molecule has 1 aromatic carbocycles. The molecule has 1 aliphatic carbocycles. The number of hydrogen-bond acceptors (Lipinski definition) is 3. The zero-order valence-corrected chi connectivity index (χ0v) is 15.5. The molecule has 0 atom stereocenters. The topological polar surface area (TPSA) is 63.6 Å². The highest BCUT2D eigenvalue weighted by molar-refractivity contribution is 5.59. The van der Waals surface area contributed by atoms with Crippen molar-refractivity contribution in [1.82, 2.24) is 19.7 Å². The van der Waals surface area contributed by atoms with Gasteiger partial charge >= 0.3 is 6.18 Å². The van der Waals surface area contributed by atoms with Crippen LogP contribution >= 0.6 is 0 Å². The molecule has 8 heteroatoms. The number of aromatic amines is 1. The fourth-order valence-electron chi connectivity index (χ4n) is 3.92. The van der Waals surface area contributed by atoms with Crippen LogP contribution < -0.4 is 5.56 Å². The van der Waals surface area contributed by atoms with Crippen LogP contribution in [0.1, 0.15) is 61.3 Å². The second kappa shape index (κ2) is 7.07. The Labute approximate surface area is 160 Å². The summed E-state index contributed by atoms with van der Waals surface area (Å²) in [6.45, 7) is 1.97. The van der Waals surface area contributed by atoms with E-state index >= 15 is 0 Å². The van der Waals surface area contributed by atoms with Gasteiger partial charge in [0.15, 0.2) is 5.82 Å². The number of aromatic nitrogens is 4. The Balaban J connectivity index is 1.71. The van der Waals surface area contributed by atoms with E-state index in [0.717, 1.165) is 43.5 Å². The van der Waals surface area contributed by atoms with Gasteiger partial charge in [0, 0.05) is 12.1 Å². The van der Waals surface area contributed by atoms with Gasteiger partial charge in [-0.1, -0.05) is 31.9 Å². The molecule has 5 nitrogen and oxygen atoms in total. The minimum absolute atomic E-state index is 0.209. The van der Waals surface area contributed by atoms with Gasteiger partial charge in [-0.15, -0.1) is 0 Å². The second-order valence-corrected chi connectivity index (χ2v) is 7.27. The minimum atomic E-state index is -4.37. The third-order valence-corrected chi connectivity index (χ3v) is 5.38. The van der Waals surface area contributed by atoms with Crippen LogP contribution in [0, 0.1) is 0 Å². The van der Waals surface area contributed by atoms with Gasteiger partial charge in [-0.2, -0.15) is 18.2 Å². The normalized spacial score (nSPS) is 15.6. The second-order valence-electron chi connectivity index (χ2n) is 7.27. The van der Waals surface area contributed by atoms with Crippen LogP contribution in [0.15, 0.2) is 29.1 Å². The summed E-state index contributed by atoms with van der Waals surface area (Å²) in [5.74, 6) is 0.927. The molecule has 1 aromatic rings. The molecule has 0 saturated heterocycles. The molecule has 0 aromatic heterocycles. The fraction of sp³-hybridized carbons (Fsp3) is 0.450. The maximum atomic E-state index is 12.7. The Morgan fingerprint density at radius 1 is 1.14 bits per heavy atom. The molecule has 3 aliphatic rings. The van der Waals surface area contributed by atoms with Crippen LogP contribution in [0.4, 0.5) is 13.2 Å². The molecule has 1 N–H and O–H groups in total. The summed E-state index contributed by atoms with van der Waals surface area (Å²) >= 11 is 0.